The van der Waals surface area contributed by atoms with Crippen LogP contribution in [-0.2, 0) is 4.79 Å². The molecule has 0 aromatic carbocycles. The number of halogens is 1. The number of likely N-dealkylation sites (tertiary alicyclic amines) is 1. The van der Waals surface area contributed by atoms with Gasteiger partial charge < -0.3 is 10.2 Å². The molecule has 1 fully saturated rings. The van der Waals surface area contributed by atoms with Gasteiger partial charge in [-0.05, 0) is 31.8 Å². The number of carbonyl (C=O) groups excluding carboxylic acids is 1. The third-order valence-corrected chi connectivity index (χ3v) is 4.44. The lowest BCUT2D eigenvalue weighted by atomic mass is 9.96. The van der Waals surface area contributed by atoms with Gasteiger partial charge in [0.2, 0.25) is 5.91 Å². The van der Waals surface area contributed by atoms with Crippen molar-refractivity contribution in [2.75, 3.05) is 45.2 Å². The van der Waals surface area contributed by atoms with Crippen LogP contribution < -0.4 is 15.8 Å². The van der Waals surface area contributed by atoms with Gasteiger partial charge in [-0.1, -0.05) is 11.6 Å². The summed E-state index contributed by atoms with van der Waals surface area (Å²) in [6, 6.07) is 0. The maximum Gasteiger partial charge on any atom is 0.285 e. The van der Waals surface area contributed by atoms with Gasteiger partial charge in [0.1, 0.15) is 5.02 Å². The Balaban J connectivity index is 1.86. The number of aromatic amines is 1. The largest absolute Gasteiger partial charge is 0.372 e. The smallest absolute Gasteiger partial charge is 0.285 e. The van der Waals surface area contributed by atoms with E-state index in [2.05, 4.69) is 20.4 Å². The first kappa shape index (κ1) is 16.8. The Morgan fingerprint density at radius 3 is 2.86 bits per heavy atom. The van der Waals surface area contributed by atoms with E-state index >= 15 is 0 Å². The number of H-pyrrole nitrogens is 1. The summed E-state index contributed by atoms with van der Waals surface area (Å²) in [6.45, 7) is 3.10. The molecule has 1 amide bonds. The minimum atomic E-state index is -0.369. The summed E-state index contributed by atoms with van der Waals surface area (Å²) in [7, 11) is 3.57. The number of nitrogens with one attached hydrogen (secondary N) is 2. The van der Waals surface area contributed by atoms with Crippen molar-refractivity contribution < 1.29 is 4.79 Å². The van der Waals surface area contributed by atoms with Crippen LogP contribution in [0.5, 0.6) is 0 Å². The number of piperidine rings is 1. The van der Waals surface area contributed by atoms with E-state index in [1.165, 1.54) is 0 Å². The van der Waals surface area contributed by atoms with Crippen LogP contribution in [-0.4, -0.2) is 61.3 Å². The molecule has 1 aromatic rings. The number of aromatic nitrogens is 2. The zero-order chi connectivity index (χ0) is 16.1. The fourth-order valence-electron chi connectivity index (χ4n) is 2.74. The molecule has 1 aliphatic heterocycles. The third kappa shape index (κ3) is 4.20. The van der Waals surface area contributed by atoms with Crippen LogP contribution in [0.1, 0.15) is 12.8 Å². The molecule has 8 heteroatoms. The Hall–Kier alpha value is -1.60. The van der Waals surface area contributed by atoms with E-state index in [1.807, 2.05) is 11.9 Å². The quantitative estimate of drug-likeness (QED) is 0.814. The lowest BCUT2D eigenvalue weighted by molar-refractivity contribution is -0.122. The van der Waals surface area contributed by atoms with Crippen molar-refractivity contribution in [3.05, 3.63) is 21.6 Å². The summed E-state index contributed by atoms with van der Waals surface area (Å²) in [6.07, 6.45) is 3.62. The van der Waals surface area contributed by atoms with Crippen molar-refractivity contribution in [3.63, 3.8) is 0 Å². The van der Waals surface area contributed by atoms with Crippen LogP contribution in [0, 0.1) is 5.92 Å². The molecule has 0 atom stereocenters. The molecular weight excluding hydrogens is 306 g/mol. The fourth-order valence-corrected chi connectivity index (χ4v) is 2.97. The Labute approximate surface area is 134 Å². The Kier molecular flexibility index (Phi) is 5.79. The number of carbonyl (C=O) groups is 1. The summed E-state index contributed by atoms with van der Waals surface area (Å²) in [5, 5.41) is 8.94. The van der Waals surface area contributed by atoms with Gasteiger partial charge in [-0.15, -0.1) is 0 Å². The zero-order valence-corrected chi connectivity index (χ0v) is 13.7. The predicted molar refractivity (Wildman–Crippen MR) is 86.4 cm³/mol. The summed E-state index contributed by atoms with van der Waals surface area (Å²) >= 11 is 6.02. The Morgan fingerprint density at radius 1 is 1.55 bits per heavy atom. The highest BCUT2D eigenvalue weighted by Gasteiger charge is 2.22. The maximum absolute atomic E-state index is 11.5. The normalized spacial score (nSPS) is 16.5. The van der Waals surface area contributed by atoms with Crippen LogP contribution in [0.15, 0.2) is 11.0 Å². The van der Waals surface area contributed by atoms with Crippen LogP contribution in [0.4, 0.5) is 5.69 Å². The molecule has 122 valence electrons. The molecule has 1 saturated heterocycles. The molecular formula is C14H22ClN5O2. The lowest BCUT2D eigenvalue weighted by Gasteiger charge is -2.34. The molecule has 1 aliphatic rings. The average molecular weight is 328 g/mol. The highest BCUT2D eigenvalue weighted by Crippen LogP contribution is 2.23. The van der Waals surface area contributed by atoms with Crippen molar-refractivity contribution in [1.29, 1.82) is 0 Å². The molecule has 0 unspecified atom stereocenters. The first-order chi connectivity index (χ1) is 10.5. The van der Waals surface area contributed by atoms with Gasteiger partial charge in [0.05, 0.1) is 18.4 Å². The molecule has 1 aromatic heterocycles. The van der Waals surface area contributed by atoms with Crippen molar-refractivity contribution in [2.24, 2.45) is 5.92 Å². The van der Waals surface area contributed by atoms with E-state index in [-0.39, 0.29) is 16.5 Å². The van der Waals surface area contributed by atoms with Crippen LogP contribution >= 0.6 is 11.6 Å². The molecule has 22 heavy (non-hydrogen) atoms. The second-order valence-electron chi connectivity index (χ2n) is 5.67. The van der Waals surface area contributed by atoms with E-state index in [0.29, 0.717) is 18.2 Å². The SMILES string of the molecule is CNC(=O)CN1CCC(CN(C)c2cn[nH]c(=O)c2Cl)CC1. The highest BCUT2D eigenvalue weighted by molar-refractivity contribution is 6.32. The molecule has 2 N–H and O–H groups in total. The second-order valence-corrected chi connectivity index (χ2v) is 6.05. The summed E-state index contributed by atoms with van der Waals surface area (Å²) < 4.78 is 0. The average Bonchev–Trinajstić information content (AvgIpc) is 2.51. The van der Waals surface area contributed by atoms with Gasteiger partial charge in [-0.25, -0.2) is 5.10 Å². The Bertz CT molecular complexity index is 569. The lowest BCUT2D eigenvalue weighted by Crippen LogP contribution is -2.42. The molecule has 2 heterocycles. The molecule has 0 radical (unpaired) electrons. The van der Waals surface area contributed by atoms with Crippen LogP contribution in [0.3, 0.4) is 0 Å². The van der Waals surface area contributed by atoms with Gasteiger partial charge in [-0.2, -0.15) is 5.10 Å². The minimum absolute atomic E-state index is 0.0527. The van der Waals surface area contributed by atoms with Crippen molar-refractivity contribution in [2.45, 2.75) is 12.8 Å². The van der Waals surface area contributed by atoms with Crippen LogP contribution in [0.2, 0.25) is 5.02 Å². The van der Waals surface area contributed by atoms with E-state index < -0.39 is 0 Å². The number of hydrogen-bond acceptors (Lipinski definition) is 5. The molecule has 0 bridgehead atoms. The number of anilines is 1. The topological polar surface area (TPSA) is 81.3 Å². The summed E-state index contributed by atoms with van der Waals surface area (Å²) in [5.41, 5.74) is 0.282. The number of rotatable bonds is 5. The maximum atomic E-state index is 11.5. The van der Waals surface area contributed by atoms with E-state index in [9.17, 15) is 9.59 Å². The van der Waals surface area contributed by atoms with Crippen LogP contribution in [0.25, 0.3) is 0 Å². The van der Waals surface area contributed by atoms with Gasteiger partial charge in [0.25, 0.3) is 5.56 Å². The number of likely N-dealkylation sites (N-methyl/N-ethyl adjacent to an activating group) is 1. The second kappa shape index (κ2) is 7.60. The fraction of sp³-hybridized carbons (Fsp3) is 0.643. The number of nitrogens with zero attached hydrogens (tertiary/aromatic N) is 3. The standard InChI is InChI=1S/C14H22ClN5O2/c1-16-12(21)9-20-5-3-10(4-6-20)8-19(2)11-7-17-18-14(22)13(11)15/h7,10H,3-6,8-9H2,1-2H3,(H,16,21)(H,18,22). The van der Waals surface area contributed by atoms with Crippen molar-refractivity contribution in [3.8, 4) is 0 Å². The van der Waals surface area contributed by atoms with E-state index in [0.717, 1.165) is 32.5 Å². The van der Waals surface area contributed by atoms with E-state index in [1.54, 1.807) is 13.2 Å². The first-order valence-electron chi connectivity index (χ1n) is 7.38. The molecule has 0 aliphatic carbocycles. The number of hydrogen-bond donors (Lipinski definition) is 2. The van der Waals surface area contributed by atoms with Gasteiger partial charge >= 0.3 is 0 Å². The molecule has 0 spiro atoms. The third-order valence-electron chi connectivity index (χ3n) is 4.07. The molecule has 7 nitrogen and oxygen atoms in total. The summed E-state index contributed by atoms with van der Waals surface area (Å²) in [4.78, 5) is 27.0. The molecule has 2 rings (SSSR count). The van der Waals surface area contributed by atoms with Crippen molar-refractivity contribution >= 4 is 23.2 Å². The zero-order valence-electron chi connectivity index (χ0n) is 12.9. The monoisotopic (exact) mass is 327 g/mol. The Morgan fingerprint density at radius 2 is 2.23 bits per heavy atom. The van der Waals surface area contributed by atoms with Gasteiger partial charge in [-0.3, -0.25) is 14.5 Å². The van der Waals surface area contributed by atoms with E-state index in [4.69, 9.17) is 11.6 Å². The molecule has 0 saturated carbocycles. The van der Waals surface area contributed by atoms with Crippen molar-refractivity contribution in [1.82, 2.24) is 20.4 Å². The summed E-state index contributed by atoms with van der Waals surface area (Å²) in [5.74, 6) is 0.568. The van der Waals surface area contributed by atoms with Gasteiger partial charge in [0.15, 0.2) is 0 Å². The number of amides is 1. The van der Waals surface area contributed by atoms with Gasteiger partial charge in [0, 0.05) is 20.6 Å². The highest BCUT2D eigenvalue weighted by atomic mass is 35.5. The minimum Gasteiger partial charge on any atom is -0.372 e. The predicted octanol–water partition coefficient (Wildman–Crippen LogP) is 0.317. The first-order valence-corrected chi connectivity index (χ1v) is 7.76.